The maximum atomic E-state index is 14.5. The number of piperidine rings is 1. The number of esters is 1. The van der Waals surface area contributed by atoms with E-state index in [2.05, 4.69) is 20.5 Å². The number of unbranched alkanes of at least 4 members (excludes halogenated alkanes) is 3. The molecule has 1 aromatic carbocycles. The number of nitrogens with one attached hydrogen (secondary N) is 2. The van der Waals surface area contributed by atoms with Crippen molar-refractivity contribution in [1.29, 1.82) is 0 Å². The second kappa shape index (κ2) is 24.8. The summed E-state index contributed by atoms with van der Waals surface area (Å²) in [5.74, 6) is -3.88. The molecule has 15 nitrogen and oxygen atoms in total. The number of hydrogen-bond acceptors (Lipinski definition) is 11. The Morgan fingerprint density at radius 2 is 1.60 bits per heavy atom. The van der Waals surface area contributed by atoms with Crippen molar-refractivity contribution in [2.45, 2.75) is 142 Å². The number of likely N-dealkylation sites (tertiary alicyclic amines) is 1. The summed E-state index contributed by atoms with van der Waals surface area (Å²) in [5.41, 5.74) is 1.06. The molecule has 0 bridgehead atoms. The molecule has 2 aliphatic rings. The quantitative estimate of drug-likeness (QED) is 0.0606. The van der Waals surface area contributed by atoms with Gasteiger partial charge in [-0.05, 0) is 69.0 Å². The third kappa shape index (κ3) is 15.1. The van der Waals surface area contributed by atoms with E-state index in [9.17, 15) is 38.7 Å². The van der Waals surface area contributed by atoms with Crippen LogP contribution in [0.25, 0.3) is 0 Å². The number of carbonyl (C=O) groups is 7. The number of benzene rings is 1. The maximum absolute atomic E-state index is 14.5. The fraction of sp³-hybridized carbons (Fsp3) is 0.617. The summed E-state index contributed by atoms with van der Waals surface area (Å²) >= 11 is 1.17. The topological polar surface area (TPSA) is 196 Å². The van der Waals surface area contributed by atoms with Gasteiger partial charge in [0.05, 0.1) is 12.0 Å². The van der Waals surface area contributed by atoms with E-state index in [1.54, 1.807) is 24.3 Å². The van der Waals surface area contributed by atoms with Crippen molar-refractivity contribution in [1.82, 2.24) is 30.3 Å². The van der Waals surface area contributed by atoms with Crippen LogP contribution in [0.15, 0.2) is 47.9 Å². The van der Waals surface area contributed by atoms with Gasteiger partial charge in [0.2, 0.25) is 11.8 Å². The van der Waals surface area contributed by atoms with Gasteiger partial charge in [-0.3, -0.25) is 43.4 Å². The predicted octanol–water partition coefficient (Wildman–Crippen LogP) is 5.94. The Morgan fingerprint density at radius 1 is 0.937 bits per heavy atom. The molecule has 4 rings (SSSR count). The molecule has 0 spiro atoms. The summed E-state index contributed by atoms with van der Waals surface area (Å²) < 4.78 is 5.82. The predicted molar refractivity (Wildman–Crippen MR) is 240 cm³/mol. The van der Waals surface area contributed by atoms with Gasteiger partial charge in [0, 0.05) is 56.6 Å². The number of thiazole rings is 1. The summed E-state index contributed by atoms with van der Waals surface area (Å²) in [6.07, 6.45) is 9.15. The van der Waals surface area contributed by atoms with Gasteiger partial charge in [0.1, 0.15) is 16.7 Å². The third-order valence-electron chi connectivity index (χ3n) is 12.3. The number of hydrogen-bond donors (Lipinski definition) is 3. The minimum Gasteiger partial charge on any atom is -0.481 e. The van der Waals surface area contributed by atoms with Crippen molar-refractivity contribution in [3.63, 3.8) is 0 Å². The zero-order valence-corrected chi connectivity index (χ0v) is 38.9. The standard InChI is InChI=1S/C47H68N6O9S/c1-8-31(4)42(50-44(58)37-20-14-17-24-52(37)23-15-9-10-16-25-53-40(55)21-22-41(53)56)46(59)51(7)38(30(2)3)28-39(62-33(6)54)45-49-36(29-63-45)43(57)48-35(26-32(5)47(60)61)27-34-18-12-11-13-19-34/h11-13,18-19,21-22,29-32,35,37-39,42H,8-10,14-17,20,23-28H2,1-7H3,(H,48,57)(H,50,58)(H,60,61)/t31-,32-,35+,37?,38+,39+,42-/m0/s1. The van der Waals surface area contributed by atoms with Crippen LogP contribution in [0.5, 0.6) is 0 Å². The van der Waals surface area contributed by atoms with E-state index in [1.807, 2.05) is 58.0 Å². The monoisotopic (exact) mass is 892 g/mol. The van der Waals surface area contributed by atoms with Gasteiger partial charge < -0.3 is 25.4 Å². The van der Waals surface area contributed by atoms with Crippen molar-refractivity contribution in [2.75, 3.05) is 26.7 Å². The second-order valence-corrected chi connectivity index (χ2v) is 18.4. The molecule has 1 aromatic heterocycles. The number of amides is 5. The zero-order valence-electron chi connectivity index (χ0n) is 38.0. The highest BCUT2D eigenvalue weighted by atomic mass is 32.1. The molecule has 7 atom stereocenters. The smallest absolute Gasteiger partial charge is 0.306 e. The number of ether oxygens (including phenoxy) is 1. The molecule has 2 aromatic rings. The van der Waals surface area contributed by atoms with Gasteiger partial charge in [0.25, 0.3) is 17.7 Å². The number of aliphatic carboxylic acids is 1. The van der Waals surface area contributed by atoms with Crippen LogP contribution in [-0.4, -0.2) is 117 Å². The fourth-order valence-corrected chi connectivity index (χ4v) is 9.22. The van der Waals surface area contributed by atoms with Gasteiger partial charge >= 0.3 is 11.9 Å². The lowest BCUT2D eigenvalue weighted by Gasteiger charge is -2.39. The third-order valence-corrected chi connectivity index (χ3v) is 13.2. The summed E-state index contributed by atoms with van der Waals surface area (Å²) in [6.45, 7) is 12.7. The first-order chi connectivity index (χ1) is 30.0. The average molecular weight is 893 g/mol. The van der Waals surface area contributed by atoms with Crippen LogP contribution in [0.2, 0.25) is 0 Å². The van der Waals surface area contributed by atoms with Crippen LogP contribution in [0.3, 0.4) is 0 Å². The molecular weight excluding hydrogens is 825 g/mol. The molecule has 1 unspecified atom stereocenters. The minimum absolute atomic E-state index is 0.0928. The summed E-state index contributed by atoms with van der Waals surface area (Å²) in [6, 6.07) is 7.42. The maximum Gasteiger partial charge on any atom is 0.306 e. The number of nitrogens with zero attached hydrogens (tertiary/aromatic N) is 4. The molecule has 0 radical (unpaired) electrons. The number of aromatic nitrogens is 1. The van der Waals surface area contributed by atoms with Crippen LogP contribution < -0.4 is 10.6 Å². The van der Waals surface area contributed by atoms with Crippen molar-refractivity contribution in [3.05, 3.63) is 64.1 Å². The number of imide groups is 1. The SMILES string of the molecule is CC[C@H](C)[C@H](NC(=O)C1CCCCN1CCCCCCN1C(=O)C=CC1=O)C(=O)N(C)[C@H](C[C@@H](OC(C)=O)c1nc(C(=O)N[C@@H](Cc2ccccc2)C[C@H](C)C(=O)O)cs1)C(C)C. The van der Waals surface area contributed by atoms with Gasteiger partial charge in [-0.15, -0.1) is 11.3 Å². The lowest BCUT2D eigenvalue weighted by molar-refractivity contribution is -0.149. The van der Waals surface area contributed by atoms with E-state index in [4.69, 9.17) is 4.74 Å². The minimum atomic E-state index is -0.956. The Bertz CT molecular complexity index is 1890. The number of rotatable bonds is 25. The zero-order chi connectivity index (χ0) is 46.2. The van der Waals surface area contributed by atoms with Crippen molar-refractivity contribution < 1.29 is 43.4 Å². The molecule has 0 aliphatic carbocycles. The molecule has 0 saturated carbocycles. The van der Waals surface area contributed by atoms with Crippen LogP contribution in [0, 0.1) is 17.8 Å². The normalized spacial score (nSPS) is 18.3. The molecule has 346 valence electrons. The Balaban J connectivity index is 1.42. The lowest BCUT2D eigenvalue weighted by atomic mass is 9.92. The van der Waals surface area contributed by atoms with E-state index in [0.717, 1.165) is 57.2 Å². The molecule has 5 amide bonds. The van der Waals surface area contributed by atoms with Crippen LogP contribution in [0.4, 0.5) is 0 Å². The molecule has 1 saturated heterocycles. The van der Waals surface area contributed by atoms with E-state index < -0.39 is 48.0 Å². The van der Waals surface area contributed by atoms with Crippen molar-refractivity contribution in [3.8, 4) is 0 Å². The summed E-state index contributed by atoms with van der Waals surface area (Å²) in [5, 5.41) is 17.7. The van der Waals surface area contributed by atoms with Crippen LogP contribution in [0.1, 0.15) is 133 Å². The average Bonchev–Trinajstić information content (AvgIpc) is 3.88. The first kappa shape index (κ1) is 50.7. The first-order valence-corrected chi connectivity index (χ1v) is 23.4. The molecule has 3 N–H and O–H groups in total. The Labute approximate surface area is 376 Å². The number of carbonyl (C=O) groups excluding carboxylic acids is 6. The fourth-order valence-electron chi connectivity index (χ4n) is 8.38. The number of carboxylic acids is 1. The Kier molecular flexibility index (Phi) is 19.9. The highest BCUT2D eigenvalue weighted by Gasteiger charge is 2.38. The van der Waals surface area contributed by atoms with Gasteiger partial charge in [-0.2, -0.15) is 0 Å². The summed E-state index contributed by atoms with van der Waals surface area (Å²) in [7, 11) is 1.71. The lowest BCUT2D eigenvalue weighted by Crippen LogP contribution is -2.58. The number of carboxylic acid groups (broad SMARTS) is 1. The first-order valence-electron chi connectivity index (χ1n) is 22.5. The van der Waals surface area contributed by atoms with Crippen molar-refractivity contribution >= 4 is 52.8 Å². The molecule has 16 heteroatoms. The molecule has 1 fully saturated rings. The molecular formula is C47H68N6O9S. The molecule has 3 heterocycles. The highest BCUT2D eigenvalue weighted by molar-refractivity contribution is 7.09. The Morgan fingerprint density at radius 3 is 2.22 bits per heavy atom. The number of likely N-dealkylation sites (N-methyl/N-ethyl adjacent to an activating group) is 1. The van der Waals surface area contributed by atoms with Gasteiger partial charge in [-0.25, -0.2) is 4.98 Å². The van der Waals surface area contributed by atoms with Crippen LogP contribution in [-0.2, 0) is 39.9 Å². The van der Waals surface area contributed by atoms with Crippen LogP contribution >= 0.6 is 11.3 Å². The molecule has 63 heavy (non-hydrogen) atoms. The second-order valence-electron chi connectivity index (χ2n) is 17.5. The largest absolute Gasteiger partial charge is 0.481 e. The van der Waals surface area contributed by atoms with E-state index >= 15 is 0 Å². The summed E-state index contributed by atoms with van der Waals surface area (Å²) in [4.78, 5) is 99.8. The van der Waals surface area contributed by atoms with Gasteiger partial charge in [-0.1, -0.05) is 90.6 Å². The highest BCUT2D eigenvalue weighted by Crippen LogP contribution is 2.31. The van der Waals surface area contributed by atoms with E-state index in [0.29, 0.717) is 30.8 Å². The molecule has 2 aliphatic heterocycles. The van der Waals surface area contributed by atoms with E-state index in [-0.39, 0.29) is 60.0 Å². The van der Waals surface area contributed by atoms with E-state index in [1.165, 1.54) is 35.3 Å². The Hall–Kier alpha value is -4.96. The van der Waals surface area contributed by atoms with Crippen molar-refractivity contribution in [2.24, 2.45) is 17.8 Å². The van der Waals surface area contributed by atoms with Gasteiger partial charge in [0.15, 0.2) is 6.10 Å².